The second kappa shape index (κ2) is 3.68. The lowest BCUT2D eigenvalue weighted by atomic mass is 9.87. The molecule has 2 aliphatic carbocycles. The largest absolute Gasteiger partial charge is 0.0864 e. The van der Waals surface area contributed by atoms with Crippen LogP contribution in [0.3, 0.4) is 0 Å². The molecule has 4 unspecified atom stereocenters. The minimum atomic E-state index is 1.03. The predicted molar refractivity (Wildman–Crippen MR) is 65.6 cm³/mol. The van der Waals surface area contributed by atoms with Crippen LogP contribution in [0.5, 0.6) is 0 Å². The number of alkyl halides is 2. The van der Waals surface area contributed by atoms with E-state index in [0.717, 1.165) is 21.7 Å². The summed E-state index contributed by atoms with van der Waals surface area (Å²) < 4.78 is 2.40. The Bertz CT molecular complexity index is 146. The first kappa shape index (κ1) is 9.03. The van der Waals surface area contributed by atoms with E-state index < -0.39 is 0 Å². The van der Waals surface area contributed by atoms with Gasteiger partial charge in [0.2, 0.25) is 0 Å². The molecule has 2 fully saturated rings. The topological polar surface area (TPSA) is 0 Å². The lowest BCUT2D eigenvalue weighted by Gasteiger charge is -2.25. The van der Waals surface area contributed by atoms with Crippen LogP contribution in [0.15, 0.2) is 0 Å². The quantitative estimate of drug-likeness (QED) is 0.510. The second-order valence-electron chi connectivity index (χ2n) is 3.99. The second-order valence-corrected chi connectivity index (χ2v) is 6.67. The van der Waals surface area contributed by atoms with Crippen LogP contribution < -0.4 is 0 Å². The van der Waals surface area contributed by atoms with Crippen LogP contribution >= 0.6 is 45.2 Å². The molecule has 0 spiro atoms. The van der Waals surface area contributed by atoms with Crippen LogP contribution in [-0.4, -0.2) is 8.35 Å². The first-order chi connectivity index (χ1) is 5.31. The van der Waals surface area contributed by atoms with Crippen molar-refractivity contribution in [3.8, 4) is 0 Å². The average Bonchev–Trinajstić information content (AvgIpc) is 2.46. The standard InChI is InChI=1S/C9H14I2/c10-2-1-7-3-6-4-8(7)9(11)5-6/h6-9H,1-5H2. The molecule has 11 heavy (non-hydrogen) atoms. The Morgan fingerprint density at radius 3 is 2.55 bits per heavy atom. The van der Waals surface area contributed by atoms with Gasteiger partial charge in [0.1, 0.15) is 0 Å². The minimum Gasteiger partial charge on any atom is -0.0864 e. The molecule has 4 atom stereocenters. The van der Waals surface area contributed by atoms with Crippen LogP contribution in [0.25, 0.3) is 0 Å². The van der Waals surface area contributed by atoms with Gasteiger partial charge < -0.3 is 0 Å². The fraction of sp³-hybridized carbons (Fsp3) is 1.00. The average molecular weight is 376 g/mol. The fourth-order valence-corrected chi connectivity index (χ4v) is 5.28. The number of rotatable bonds is 2. The first-order valence-corrected chi connectivity index (χ1v) is 7.28. The van der Waals surface area contributed by atoms with Crippen LogP contribution in [0, 0.1) is 17.8 Å². The number of hydrogen-bond donors (Lipinski definition) is 0. The van der Waals surface area contributed by atoms with Crippen molar-refractivity contribution in [2.75, 3.05) is 4.43 Å². The van der Waals surface area contributed by atoms with Crippen molar-refractivity contribution < 1.29 is 0 Å². The van der Waals surface area contributed by atoms with E-state index in [1.165, 1.54) is 17.3 Å². The molecular weight excluding hydrogens is 362 g/mol. The molecule has 0 heterocycles. The summed E-state index contributed by atoms with van der Waals surface area (Å²) in [4.78, 5) is 0. The molecule has 2 saturated carbocycles. The van der Waals surface area contributed by atoms with Gasteiger partial charge in [-0.25, -0.2) is 0 Å². The highest BCUT2D eigenvalue weighted by Crippen LogP contribution is 2.52. The first-order valence-electron chi connectivity index (χ1n) is 4.51. The molecule has 0 radical (unpaired) electrons. The van der Waals surface area contributed by atoms with E-state index in [9.17, 15) is 0 Å². The molecule has 2 heteroatoms. The van der Waals surface area contributed by atoms with Gasteiger partial charge in [-0.15, -0.1) is 0 Å². The Morgan fingerprint density at radius 1 is 1.18 bits per heavy atom. The van der Waals surface area contributed by atoms with Crippen LogP contribution in [0.1, 0.15) is 25.7 Å². The Balaban J connectivity index is 1.96. The van der Waals surface area contributed by atoms with Crippen molar-refractivity contribution in [1.82, 2.24) is 0 Å². The molecule has 0 aromatic carbocycles. The highest BCUT2D eigenvalue weighted by atomic mass is 127. The van der Waals surface area contributed by atoms with Crippen molar-refractivity contribution in [2.45, 2.75) is 29.6 Å². The normalized spacial score (nSPS) is 48.5. The zero-order chi connectivity index (χ0) is 7.84. The summed E-state index contributed by atoms with van der Waals surface area (Å²) in [6, 6.07) is 0. The fourth-order valence-electron chi connectivity index (χ4n) is 2.88. The Labute approximate surface area is 96.2 Å². The van der Waals surface area contributed by atoms with E-state index in [1.54, 1.807) is 12.8 Å². The van der Waals surface area contributed by atoms with Crippen molar-refractivity contribution in [3.63, 3.8) is 0 Å². The molecule has 0 aliphatic heterocycles. The zero-order valence-electron chi connectivity index (χ0n) is 6.60. The van der Waals surface area contributed by atoms with Crippen molar-refractivity contribution >= 4 is 45.2 Å². The monoisotopic (exact) mass is 376 g/mol. The van der Waals surface area contributed by atoms with Crippen LogP contribution in [-0.2, 0) is 0 Å². The summed E-state index contributed by atoms with van der Waals surface area (Å²) in [7, 11) is 0. The maximum atomic E-state index is 2.68. The molecule has 2 aliphatic rings. The van der Waals surface area contributed by atoms with Crippen LogP contribution in [0.2, 0.25) is 0 Å². The highest BCUT2D eigenvalue weighted by molar-refractivity contribution is 14.1. The van der Waals surface area contributed by atoms with E-state index in [2.05, 4.69) is 45.2 Å². The van der Waals surface area contributed by atoms with Gasteiger partial charge in [-0.05, 0) is 47.9 Å². The molecule has 0 amide bonds. The molecule has 0 nitrogen and oxygen atoms in total. The summed E-state index contributed by atoms with van der Waals surface area (Å²) in [5.74, 6) is 3.33. The van der Waals surface area contributed by atoms with Gasteiger partial charge in [0.05, 0.1) is 0 Å². The molecule has 0 saturated heterocycles. The van der Waals surface area contributed by atoms with Gasteiger partial charge in [-0.2, -0.15) is 0 Å². The summed E-state index contributed by atoms with van der Waals surface area (Å²) in [6.07, 6.45) is 6.15. The van der Waals surface area contributed by atoms with Gasteiger partial charge in [0.15, 0.2) is 0 Å². The summed E-state index contributed by atoms with van der Waals surface area (Å²) in [6.45, 7) is 0. The summed E-state index contributed by atoms with van der Waals surface area (Å²) >= 11 is 5.20. The van der Waals surface area contributed by atoms with E-state index in [1.807, 2.05) is 0 Å². The van der Waals surface area contributed by atoms with E-state index in [0.29, 0.717) is 0 Å². The summed E-state index contributed by atoms with van der Waals surface area (Å²) in [5.41, 5.74) is 0. The highest BCUT2D eigenvalue weighted by Gasteiger charge is 2.44. The minimum absolute atomic E-state index is 1.03. The van der Waals surface area contributed by atoms with Crippen molar-refractivity contribution in [1.29, 1.82) is 0 Å². The Morgan fingerprint density at radius 2 is 2.00 bits per heavy atom. The Kier molecular flexibility index (Phi) is 3.02. The van der Waals surface area contributed by atoms with Crippen LogP contribution in [0.4, 0.5) is 0 Å². The lowest BCUT2D eigenvalue weighted by Crippen LogP contribution is -2.19. The number of hydrogen-bond acceptors (Lipinski definition) is 0. The van der Waals surface area contributed by atoms with Gasteiger partial charge in [0, 0.05) is 3.92 Å². The Hall–Kier alpha value is 1.46. The van der Waals surface area contributed by atoms with E-state index in [4.69, 9.17) is 0 Å². The lowest BCUT2D eigenvalue weighted by molar-refractivity contribution is 0.344. The molecule has 2 rings (SSSR count). The SMILES string of the molecule is ICCC1CC2CC(I)C1C2. The van der Waals surface area contributed by atoms with Gasteiger partial charge in [-0.1, -0.05) is 45.2 Å². The molecule has 0 N–H and O–H groups in total. The zero-order valence-corrected chi connectivity index (χ0v) is 10.9. The van der Waals surface area contributed by atoms with Gasteiger partial charge in [0.25, 0.3) is 0 Å². The third-order valence-corrected chi connectivity index (χ3v) is 5.41. The molecule has 0 aromatic rings. The van der Waals surface area contributed by atoms with E-state index in [-0.39, 0.29) is 0 Å². The van der Waals surface area contributed by atoms with Crippen molar-refractivity contribution in [2.24, 2.45) is 17.8 Å². The van der Waals surface area contributed by atoms with Gasteiger partial charge >= 0.3 is 0 Å². The molecule has 2 bridgehead atoms. The van der Waals surface area contributed by atoms with Crippen molar-refractivity contribution in [3.05, 3.63) is 0 Å². The maximum absolute atomic E-state index is 2.68. The predicted octanol–water partition coefficient (Wildman–Crippen LogP) is 3.66. The third-order valence-electron chi connectivity index (χ3n) is 3.35. The third kappa shape index (κ3) is 1.71. The summed E-state index contributed by atoms with van der Waals surface area (Å²) in [5, 5.41) is 0. The number of halogens is 2. The maximum Gasteiger partial charge on any atom is 0.0143 e. The number of fused-ring (bicyclic) bond motifs is 2. The molecule has 64 valence electrons. The molecule has 0 aromatic heterocycles. The molecular formula is C9H14I2. The van der Waals surface area contributed by atoms with E-state index >= 15 is 0 Å². The van der Waals surface area contributed by atoms with Gasteiger partial charge in [-0.3, -0.25) is 0 Å². The smallest absolute Gasteiger partial charge is 0.0143 e.